The van der Waals surface area contributed by atoms with Crippen LogP contribution >= 0.6 is 0 Å². The Kier molecular flexibility index (Phi) is 8.25. The monoisotopic (exact) mass is 438 g/mol. The maximum absolute atomic E-state index is 13.3. The van der Waals surface area contributed by atoms with E-state index in [0.29, 0.717) is 32.6 Å². The van der Waals surface area contributed by atoms with Gasteiger partial charge in [0.05, 0.1) is 0 Å². The molecule has 1 aromatic heterocycles. The quantitative estimate of drug-likeness (QED) is 0.495. The van der Waals surface area contributed by atoms with Gasteiger partial charge < -0.3 is 20.1 Å². The number of benzene rings is 2. The number of hydrogen-bond donors (Lipinski definition) is 2. The Morgan fingerprint density at radius 2 is 1.75 bits per heavy atom. The fourth-order valence-corrected chi connectivity index (χ4v) is 3.74. The molecule has 0 bridgehead atoms. The van der Waals surface area contributed by atoms with E-state index in [1.165, 1.54) is 12.1 Å². The topological polar surface area (TPSA) is 68.4 Å². The molecule has 2 aromatic carbocycles. The summed E-state index contributed by atoms with van der Waals surface area (Å²) < 4.78 is 13.3. The van der Waals surface area contributed by atoms with E-state index < -0.39 is 0 Å². The Bertz CT molecular complexity index is 1030. The van der Waals surface area contributed by atoms with Crippen LogP contribution in [0.5, 0.6) is 0 Å². The second kappa shape index (κ2) is 11.3. The van der Waals surface area contributed by atoms with E-state index in [2.05, 4.69) is 16.4 Å². The first kappa shape index (κ1) is 23.3. The zero-order chi connectivity index (χ0) is 22.9. The van der Waals surface area contributed by atoms with E-state index in [9.17, 15) is 14.0 Å². The molecule has 0 radical (unpaired) electrons. The molecule has 1 heterocycles. The Balaban J connectivity index is 1.76. The summed E-state index contributed by atoms with van der Waals surface area (Å²) in [5.74, 6) is -0.440. The fourth-order valence-electron chi connectivity index (χ4n) is 3.74. The molecule has 0 unspecified atom stereocenters. The van der Waals surface area contributed by atoms with Crippen molar-refractivity contribution in [3.8, 4) is 0 Å². The lowest BCUT2D eigenvalue weighted by Crippen LogP contribution is -2.47. The van der Waals surface area contributed by atoms with Gasteiger partial charge in [0.1, 0.15) is 12.4 Å². The number of fused-ring (bicyclic) bond motifs is 1. The molecule has 3 rings (SSSR count). The second-order valence-electron chi connectivity index (χ2n) is 7.81. The van der Waals surface area contributed by atoms with E-state index in [0.717, 1.165) is 28.5 Å². The van der Waals surface area contributed by atoms with Crippen LogP contribution in [0.4, 0.5) is 9.18 Å². The molecule has 0 spiro atoms. The number of aromatic nitrogens is 1. The molecular formula is C25H31FN4O2. The zero-order valence-corrected chi connectivity index (χ0v) is 18.7. The summed E-state index contributed by atoms with van der Waals surface area (Å²) >= 11 is 0. The van der Waals surface area contributed by atoms with Crippen molar-refractivity contribution >= 4 is 22.8 Å². The van der Waals surface area contributed by atoms with Gasteiger partial charge in [-0.2, -0.15) is 0 Å². The third-order valence-electron chi connectivity index (χ3n) is 5.40. The Hall–Kier alpha value is -3.35. The number of rotatable bonds is 10. The van der Waals surface area contributed by atoms with Gasteiger partial charge in [-0.3, -0.25) is 4.79 Å². The molecule has 7 heteroatoms. The molecule has 170 valence electrons. The third kappa shape index (κ3) is 6.09. The van der Waals surface area contributed by atoms with Crippen LogP contribution in [0.1, 0.15) is 31.4 Å². The van der Waals surface area contributed by atoms with Crippen molar-refractivity contribution in [2.45, 2.75) is 33.2 Å². The van der Waals surface area contributed by atoms with Gasteiger partial charge in [-0.15, -0.1) is 0 Å². The highest BCUT2D eigenvalue weighted by Crippen LogP contribution is 2.19. The van der Waals surface area contributed by atoms with Crippen LogP contribution in [0.3, 0.4) is 0 Å². The van der Waals surface area contributed by atoms with E-state index >= 15 is 0 Å². The summed E-state index contributed by atoms with van der Waals surface area (Å²) in [7, 11) is 0. The minimum absolute atomic E-state index is 0.00868. The molecule has 0 fully saturated rings. The number of aromatic amines is 1. The molecule has 0 aliphatic rings. The lowest BCUT2D eigenvalue weighted by atomic mass is 10.1. The van der Waals surface area contributed by atoms with E-state index in [4.69, 9.17) is 0 Å². The number of halogens is 1. The van der Waals surface area contributed by atoms with Crippen molar-refractivity contribution in [2.24, 2.45) is 0 Å². The summed E-state index contributed by atoms with van der Waals surface area (Å²) in [6, 6.07) is 14.0. The van der Waals surface area contributed by atoms with Crippen molar-refractivity contribution in [1.29, 1.82) is 0 Å². The lowest BCUT2D eigenvalue weighted by Gasteiger charge is -2.28. The highest BCUT2D eigenvalue weighted by Gasteiger charge is 2.21. The van der Waals surface area contributed by atoms with Gasteiger partial charge >= 0.3 is 6.03 Å². The molecule has 3 aromatic rings. The Morgan fingerprint density at radius 3 is 2.47 bits per heavy atom. The first-order valence-electron chi connectivity index (χ1n) is 11.1. The van der Waals surface area contributed by atoms with Gasteiger partial charge in [0, 0.05) is 43.3 Å². The molecule has 0 aliphatic carbocycles. The average molecular weight is 439 g/mol. The number of amides is 3. The van der Waals surface area contributed by atoms with Crippen LogP contribution in [-0.2, 0) is 17.8 Å². The van der Waals surface area contributed by atoms with Crippen LogP contribution in [0.2, 0.25) is 0 Å². The Morgan fingerprint density at radius 1 is 1.00 bits per heavy atom. The number of carbonyl (C=O) groups is 2. The minimum atomic E-state index is -0.309. The summed E-state index contributed by atoms with van der Waals surface area (Å²) in [4.78, 5) is 32.2. The average Bonchev–Trinajstić information content (AvgIpc) is 3.21. The van der Waals surface area contributed by atoms with Crippen molar-refractivity contribution < 1.29 is 14.0 Å². The van der Waals surface area contributed by atoms with E-state index in [-0.39, 0.29) is 24.3 Å². The number of carbonyl (C=O) groups excluding carboxylic acids is 2. The molecule has 3 amide bonds. The molecule has 6 nitrogen and oxygen atoms in total. The zero-order valence-electron chi connectivity index (χ0n) is 18.7. The van der Waals surface area contributed by atoms with Gasteiger partial charge in [-0.25, -0.2) is 9.18 Å². The number of hydrogen-bond acceptors (Lipinski definition) is 2. The largest absolute Gasteiger partial charge is 0.361 e. The van der Waals surface area contributed by atoms with E-state index in [1.807, 2.05) is 38.2 Å². The van der Waals surface area contributed by atoms with Crippen molar-refractivity contribution in [2.75, 3.05) is 26.2 Å². The van der Waals surface area contributed by atoms with Gasteiger partial charge in [-0.05, 0) is 49.1 Å². The summed E-state index contributed by atoms with van der Waals surface area (Å²) in [6.45, 7) is 5.70. The highest BCUT2D eigenvalue weighted by molar-refractivity contribution is 5.85. The van der Waals surface area contributed by atoms with Crippen LogP contribution in [0.25, 0.3) is 10.9 Å². The maximum Gasteiger partial charge on any atom is 0.317 e. The third-order valence-corrected chi connectivity index (χ3v) is 5.40. The van der Waals surface area contributed by atoms with Gasteiger partial charge in [0.25, 0.3) is 0 Å². The number of nitrogens with zero attached hydrogens (tertiary/aromatic N) is 2. The second-order valence-corrected chi connectivity index (χ2v) is 7.81. The Labute approximate surface area is 188 Å². The number of H-pyrrole nitrogens is 1. The van der Waals surface area contributed by atoms with Crippen molar-refractivity contribution in [3.63, 3.8) is 0 Å². The molecular weight excluding hydrogens is 407 g/mol. The van der Waals surface area contributed by atoms with Crippen LogP contribution < -0.4 is 5.32 Å². The number of para-hydroxylation sites is 1. The molecule has 0 saturated carbocycles. The summed E-state index contributed by atoms with van der Waals surface area (Å²) in [5.41, 5.74) is 3.04. The van der Waals surface area contributed by atoms with Gasteiger partial charge in [-0.1, -0.05) is 37.3 Å². The smallest absolute Gasteiger partial charge is 0.317 e. The highest BCUT2D eigenvalue weighted by atomic mass is 19.1. The van der Waals surface area contributed by atoms with Gasteiger partial charge in [0.2, 0.25) is 5.91 Å². The maximum atomic E-state index is 13.3. The minimum Gasteiger partial charge on any atom is -0.361 e. The van der Waals surface area contributed by atoms with Crippen LogP contribution in [0, 0.1) is 5.82 Å². The van der Waals surface area contributed by atoms with Crippen molar-refractivity contribution in [3.05, 3.63) is 71.7 Å². The predicted octanol–water partition coefficient (Wildman–Crippen LogP) is 4.32. The van der Waals surface area contributed by atoms with Crippen LogP contribution in [0.15, 0.2) is 54.7 Å². The normalized spacial score (nSPS) is 10.8. The lowest BCUT2D eigenvalue weighted by molar-refractivity contribution is -0.132. The number of nitrogens with one attached hydrogen (secondary N) is 2. The molecule has 32 heavy (non-hydrogen) atoms. The van der Waals surface area contributed by atoms with Gasteiger partial charge in [0.15, 0.2) is 0 Å². The first-order valence-corrected chi connectivity index (χ1v) is 11.1. The SMILES string of the molecule is CCCN(CC(=O)N(CCc1c[nH]c2ccccc12)Cc1ccc(F)cc1)C(=O)NCC. The standard InChI is InChI=1S/C25H31FN4O2/c1-3-14-30(25(32)27-4-2)18-24(31)29(17-19-9-11-21(26)12-10-19)15-13-20-16-28-23-8-6-5-7-22(20)23/h5-12,16,28H,3-4,13-15,17-18H2,1-2H3,(H,27,32). The van der Waals surface area contributed by atoms with E-state index in [1.54, 1.807) is 21.9 Å². The predicted molar refractivity (Wildman–Crippen MR) is 125 cm³/mol. The molecule has 0 atom stereocenters. The summed E-state index contributed by atoms with van der Waals surface area (Å²) in [5, 5.41) is 3.91. The summed E-state index contributed by atoms with van der Waals surface area (Å²) in [6.07, 6.45) is 3.41. The fraction of sp³-hybridized carbons (Fsp3) is 0.360. The molecule has 0 aliphatic heterocycles. The molecule has 2 N–H and O–H groups in total. The number of urea groups is 1. The van der Waals surface area contributed by atoms with Crippen LogP contribution in [-0.4, -0.2) is 52.9 Å². The first-order chi connectivity index (χ1) is 15.5. The van der Waals surface area contributed by atoms with Crippen molar-refractivity contribution in [1.82, 2.24) is 20.1 Å². The molecule has 0 saturated heterocycles.